The molecule has 1 heterocycles. The molecule has 0 saturated heterocycles. The summed E-state index contributed by atoms with van der Waals surface area (Å²) in [6.45, 7) is 6.68. The third-order valence-corrected chi connectivity index (χ3v) is 6.60. The summed E-state index contributed by atoms with van der Waals surface area (Å²) in [6, 6.07) is 14.6. The van der Waals surface area contributed by atoms with Gasteiger partial charge in [0.1, 0.15) is 0 Å². The number of ether oxygens (including phenoxy) is 1. The number of nitrogens with two attached hydrogens (primary N) is 1. The Bertz CT molecular complexity index is 1060. The molecule has 182 valence electrons. The van der Waals surface area contributed by atoms with E-state index in [1.165, 1.54) is 4.90 Å². The van der Waals surface area contributed by atoms with Gasteiger partial charge in [-0.25, -0.2) is 4.99 Å². The average Bonchev–Trinajstić information content (AvgIpc) is 2.79. The quantitative estimate of drug-likeness (QED) is 0.554. The van der Waals surface area contributed by atoms with Gasteiger partial charge in [-0.1, -0.05) is 55.8 Å². The van der Waals surface area contributed by atoms with Crippen LogP contribution >= 0.6 is 11.6 Å². The lowest BCUT2D eigenvalue weighted by molar-refractivity contribution is -0.130. The molecule has 2 amide bonds. The Morgan fingerprint density at radius 3 is 2.59 bits per heavy atom. The molecule has 1 aliphatic heterocycles. The highest BCUT2D eigenvalue weighted by Crippen LogP contribution is 2.30. The molecule has 0 bridgehead atoms. The third kappa shape index (κ3) is 6.15. The van der Waals surface area contributed by atoms with E-state index in [1.54, 1.807) is 25.3 Å². The summed E-state index contributed by atoms with van der Waals surface area (Å²) in [5, 5.41) is 3.48. The Labute approximate surface area is 206 Å². The van der Waals surface area contributed by atoms with Gasteiger partial charge in [0.25, 0.3) is 5.91 Å². The molecule has 0 radical (unpaired) electrons. The fraction of sp³-hybridized carbons (Fsp3) is 0.423. The number of benzene rings is 2. The Hall–Kier alpha value is -2.90. The summed E-state index contributed by atoms with van der Waals surface area (Å²) < 4.78 is 5.22. The van der Waals surface area contributed by atoms with E-state index in [-0.39, 0.29) is 42.7 Å². The van der Waals surface area contributed by atoms with Gasteiger partial charge in [-0.15, -0.1) is 0 Å². The van der Waals surface area contributed by atoms with Gasteiger partial charge >= 0.3 is 0 Å². The predicted molar refractivity (Wildman–Crippen MR) is 135 cm³/mol. The molecule has 7 nitrogen and oxygen atoms in total. The van der Waals surface area contributed by atoms with E-state index in [2.05, 4.69) is 10.3 Å². The van der Waals surface area contributed by atoms with Crippen LogP contribution in [-0.4, -0.2) is 41.9 Å². The highest BCUT2D eigenvalue weighted by atomic mass is 35.5. The second kappa shape index (κ2) is 11.0. The van der Waals surface area contributed by atoms with Gasteiger partial charge in [-0.3, -0.25) is 14.5 Å². The van der Waals surface area contributed by atoms with E-state index in [1.807, 2.05) is 51.1 Å². The number of amides is 2. The van der Waals surface area contributed by atoms with E-state index in [9.17, 15) is 9.59 Å². The molecule has 2 aromatic rings. The average molecular weight is 485 g/mol. The van der Waals surface area contributed by atoms with E-state index >= 15 is 0 Å². The third-order valence-electron chi connectivity index (χ3n) is 6.38. The number of aliphatic imine (C=N–C) groups is 1. The number of halogens is 1. The van der Waals surface area contributed by atoms with Gasteiger partial charge in [-0.2, -0.15) is 0 Å². The van der Waals surface area contributed by atoms with Crippen LogP contribution in [0.2, 0.25) is 5.02 Å². The van der Waals surface area contributed by atoms with Crippen molar-refractivity contribution in [2.45, 2.75) is 51.7 Å². The van der Waals surface area contributed by atoms with Crippen molar-refractivity contribution in [3.05, 3.63) is 70.2 Å². The molecule has 3 rings (SSSR count). The topological polar surface area (TPSA) is 97.0 Å². The van der Waals surface area contributed by atoms with Crippen molar-refractivity contribution in [3.8, 4) is 0 Å². The molecular weight excluding hydrogens is 452 g/mol. The molecule has 0 saturated carbocycles. The van der Waals surface area contributed by atoms with Crippen molar-refractivity contribution in [2.75, 3.05) is 13.7 Å². The molecule has 8 heteroatoms. The smallest absolute Gasteiger partial charge is 0.251 e. The summed E-state index contributed by atoms with van der Waals surface area (Å²) in [7, 11) is 1.63. The second-order valence-electron chi connectivity index (χ2n) is 9.20. The maximum absolute atomic E-state index is 13.1. The van der Waals surface area contributed by atoms with Gasteiger partial charge in [0, 0.05) is 24.3 Å². The van der Waals surface area contributed by atoms with Crippen LogP contribution in [0.4, 0.5) is 0 Å². The molecule has 34 heavy (non-hydrogen) atoms. The van der Waals surface area contributed by atoms with Crippen molar-refractivity contribution < 1.29 is 14.3 Å². The minimum Gasteiger partial charge on any atom is -0.385 e. The van der Waals surface area contributed by atoms with Gasteiger partial charge in [0.05, 0.1) is 24.5 Å². The molecule has 2 atom stereocenters. The number of hydrogen-bond donors (Lipinski definition) is 2. The molecule has 0 spiro atoms. The summed E-state index contributed by atoms with van der Waals surface area (Å²) in [4.78, 5) is 32.1. The van der Waals surface area contributed by atoms with Gasteiger partial charge in [0.15, 0.2) is 5.96 Å². The van der Waals surface area contributed by atoms with Crippen LogP contribution in [0.25, 0.3) is 0 Å². The van der Waals surface area contributed by atoms with E-state index < -0.39 is 5.54 Å². The van der Waals surface area contributed by atoms with Crippen molar-refractivity contribution in [2.24, 2.45) is 16.6 Å². The lowest BCUT2D eigenvalue weighted by Crippen LogP contribution is -2.51. The lowest BCUT2D eigenvalue weighted by Gasteiger charge is -2.37. The van der Waals surface area contributed by atoms with Crippen molar-refractivity contribution in [1.29, 1.82) is 0 Å². The number of methoxy groups -OCH3 is 1. The molecule has 3 N–H and O–H groups in total. The zero-order valence-corrected chi connectivity index (χ0v) is 20.9. The summed E-state index contributed by atoms with van der Waals surface area (Å²) in [5.74, 6) is 0.00232. The number of nitrogens with zero attached hydrogens (tertiary/aromatic N) is 2. The molecule has 0 unspecified atom stereocenters. The fourth-order valence-corrected chi connectivity index (χ4v) is 4.19. The molecule has 1 aliphatic rings. The van der Waals surface area contributed by atoms with Crippen LogP contribution in [0.5, 0.6) is 0 Å². The predicted octanol–water partition coefficient (Wildman–Crippen LogP) is 4.31. The minimum absolute atomic E-state index is 0.0987. The molecule has 0 fully saturated rings. The summed E-state index contributed by atoms with van der Waals surface area (Å²) in [6.07, 6.45) is 0.904. The van der Waals surface area contributed by atoms with Crippen molar-refractivity contribution in [1.82, 2.24) is 10.2 Å². The Balaban J connectivity index is 1.80. The first-order valence-corrected chi connectivity index (χ1v) is 11.8. The van der Waals surface area contributed by atoms with E-state index in [4.69, 9.17) is 22.1 Å². The Kier molecular flexibility index (Phi) is 8.33. The first-order valence-electron chi connectivity index (χ1n) is 11.4. The molecule has 0 aliphatic carbocycles. The van der Waals surface area contributed by atoms with Crippen LogP contribution in [0.15, 0.2) is 53.5 Å². The van der Waals surface area contributed by atoms with Crippen molar-refractivity contribution >= 4 is 29.4 Å². The SMILES string of the molecule is COCC[C@H](NC(=O)c1cc(Cl)cc(CN2C(=O)C[C@@](C)(C(C)C)N=C2N)c1)c1ccccc1. The number of hydrogen-bond acceptors (Lipinski definition) is 5. The lowest BCUT2D eigenvalue weighted by atomic mass is 9.84. The van der Waals surface area contributed by atoms with E-state index in [0.29, 0.717) is 29.2 Å². The zero-order chi connectivity index (χ0) is 24.9. The Morgan fingerprint density at radius 1 is 1.26 bits per heavy atom. The maximum atomic E-state index is 13.1. The molecular formula is C26H33ClN4O3. The molecule has 0 aromatic heterocycles. The highest BCUT2D eigenvalue weighted by Gasteiger charge is 2.38. The van der Waals surface area contributed by atoms with Crippen LogP contribution in [0.3, 0.4) is 0 Å². The number of carbonyl (C=O) groups is 2. The van der Waals surface area contributed by atoms with Crippen LogP contribution in [0.1, 0.15) is 61.1 Å². The highest BCUT2D eigenvalue weighted by molar-refractivity contribution is 6.31. The Morgan fingerprint density at radius 2 is 1.97 bits per heavy atom. The van der Waals surface area contributed by atoms with Gasteiger partial charge < -0.3 is 15.8 Å². The number of carbonyl (C=O) groups excluding carboxylic acids is 2. The maximum Gasteiger partial charge on any atom is 0.251 e. The normalized spacial score (nSPS) is 19.2. The number of rotatable bonds is 9. The van der Waals surface area contributed by atoms with Crippen LogP contribution < -0.4 is 11.1 Å². The minimum atomic E-state index is -0.522. The van der Waals surface area contributed by atoms with Gasteiger partial charge in [-0.05, 0) is 48.6 Å². The second-order valence-corrected chi connectivity index (χ2v) is 9.64. The summed E-state index contributed by atoms with van der Waals surface area (Å²) in [5.41, 5.74) is 7.75. The van der Waals surface area contributed by atoms with Crippen molar-refractivity contribution in [3.63, 3.8) is 0 Å². The first kappa shape index (κ1) is 25.7. The monoisotopic (exact) mass is 484 g/mol. The number of nitrogens with one attached hydrogen (secondary N) is 1. The number of guanidine groups is 1. The first-order chi connectivity index (χ1) is 16.1. The standard InChI is InChI=1S/C26H33ClN4O3/c1-17(2)26(3)15-23(32)31(25(28)30-26)16-18-12-20(14-21(27)13-18)24(33)29-22(10-11-34-4)19-8-6-5-7-9-19/h5-9,12-14,17,22H,10-11,15-16H2,1-4H3,(H2,28,30)(H,29,33)/t22-,26-/m0/s1. The van der Waals surface area contributed by atoms with Crippen LogP contribution in [0, 0.1) is 5.92 Å². The molecule has 2 aromatic carbocycles. The fourth-order valence-electron chi connectivity index (χ4n) is 3.93. The van der Waals surface area contributed by atoms with Gasteiger partial charge in [0.2, 0.25) is 5.91 Å². The van der Waals surface area contributed by atoms with Crippen LogP contribution in [-0.2, 0) is 16.1 Å². The zero-order valence-electron chi connectivity index (χ0n) is 20.2. The van der Waals surface area contributed by atoms with E-state index in [0.717, 1.165) is 5.56 Å². The summed E-state index contributed by atoms with van der Waals surface area (Å²) >= 11 is 6.34. The largest absolute Gasteiger partial charge is 0.385 e.